The lowest BCUT2D eigenvalue weighted by molar-refractivity contribution is -0.159. The minimum Gasteiger partial charge on any atom is -0.460 e. The van der Waals surface area contributed by atoms with Gasteiger partial charge < -0.3 is 29.7 Å². The van der Waals surface area contributed by atoms with Gasteiger partial charge in [0.05, 0.1) is 24.5 Å². The number of unbranched alkanes of at least 4 members (excludes halogenated alkanes) is 2. The molecule has 2 bridgehead atoms. The first-order valence-corrected chi connectivity index (χ1v) is 15.8. The Morgan fingerprint density at radius 3 is 2.59 bits per heavy atom. The van der Waals surface area contributed by atoms with Gasteiger partial charge >= 0.3 is 5.97 Å². The van der Waals surface area contributed by atoms with E-state index in [4.69, 9.17) is 9.47 Å². The first-order chi connectivity index (χ1) is 21.1. The highest BCUT2D eigenvalue weighted by molar-refractivity contribution is 6.05. The van der Waals surface area contributed by atoms with Crippen LogP contribution < -0.4 is 10.2 Å². The number of aliphatic hydroxyl groups excluding tert-OH is 1. The summed E-state index contributed by atoms with van der Waals surface area (Å²) in [6.07, 6.45) is 5.94. The minimum absolute atomic E-state index is 0.0497. The molecule has 0 aliphatic carbocycles. The lowest BCUT2D eigenvalue weighted by atomic mass is 9.70. The molecule has 3 heterocycles. The summed E-state index contributed by atoms with van der Waals surface area (Å²) in [6, 6.07) is 4.92. The van der Waals surface area contributed by atoms with Crippen molar-refractivity contribution in [2.75, 3.05) is 31.1 Å². The smallest absolute Gasteiger partial charge is 0.312 e. The van der Waals surface area contributed by atoms with E-state index in [2.05, 4.69) is 18.5 Å². The number of para-hydroxylation sites is 1. The molecule has 4 rings (SSSR count). The van der Waals surface area contributed by atoms with Crippen LogP contribution in [-0.2, 0) is 28.7 Å². The number of amides is 3. The van der Waals surface area contributed by atoms with E-state index in [1.807, 2.05) is 32.0 Å². The van der Waals surface area contributed by atoms with E-state index in [-0.39, 0.29) is 37.4 Å². The number of aryl methyl sites for hydroxylation is 2. The summed E-state index contributed by atoms with van der Waals surface area (Å²) in [5.74, 6) is -2.94. The second kappa shape index (κ2) is 14.5. The van der Waals surface area contributed by atoms with Crippen molar-refractivity contribution in [3.63, 3.8) is 0 Å². The van der Waals surface area contributed by atoms with E-state index in [9.17, 15) is 24.3 Å². The zero-order valence-electron chi connectivity index (χ0n) is 26.3. The lowest BCUT2D eigenvalue weighted by Crippen LogP contribution is -2.56. The van der Waals surface area contributed by atoms with E-state index in [1.165, 1.54) is 0 Å². The Labute approximate surface area is 260 Å². The van der Waals surface area contributed by atoms with Crippen LogP contribution in [0.25, 0.3) is 0 Å². The first-order valence-electron chi connectivity index (χ1n) is 15.8. The van der Waals surface area contributed by atoms with Crippen molar-refractivity contribution < 1.29 is 33.8 Å². The topological polar surface area (TPSA) is 125 Å². The Morgan fingerprint density at radius 1 is 1.20 bits per heavy atom. The van der Waals surface area contributed by atoms with Crippen LogP contribution in [0, 0.1) is 25.7 Å². The molecule has 2 N–H and O–H groups in total. The molecule has 3 aliphatic rings. The maximum absolute atomic E-state index is 14.7. The van der Waals surface area contributed by atoms with E-state index in [0.717, 1.165) is 16.8 Å². The monoisotopic (exact) mass is 609 g/mol. The number of allylic oxidation sites excluding steroid dienone is 1. The molecule has 3 amide bonds. The third kappa shape index (κ3) is 6.47. The lowest BCUT2D eigenvalue weighted by Gasteiger charge is -2.37. The molecule has 44 heavy (non-hydrogen) atoms. The molecule has 0 unspecified atom stereocenters. The Kier molecular flexibility index (Phi) is 11.0. The van der Waals surface area contributed by atoms with Crippen molar-refractivity contribution in [2.45, 2.75) is 89.6 Å². The van der Waals surface area contributed by atoms with Crippen LogP contribution in [0.5, 0.6) is 0 Å². The normalized spacial score (nSPS) is 25.8. The van der Waals surface area contributed by atoms with Crippen molar-refractivity contribution in [1.82, 2.24) is 10.2 Å². The third-order valence-electron chi connectivity index (χ3n) is 9.13. The van der Waals surface area contributed by atoms with Gasteiger partial charge in [0.15, 0.2) is 0 Å². The third-order valence-corrected chi connectivity index (χ3v) is 9.13. The standard InChI is InChI=1S/C34H47N3O7/c1-6-8-15-26(39)35-21-24(5)43-33(42)27-25-16-17-34(44-25)28(27)31(40)37(19-10-9-11-20-38)30(34)32(41)36(18-7-2)29-22(3)13-12-14-23(29)4/h6-7,12-14,24-25,27-28,30,38H,1-2,8-11,15-21H2,3-5H3,(H,35,39)/t24-,25+,27-,28-,30+,34-/m1/s1. The largest absolute Gasteiger partial charge is 0.460 e. The van der Waals surface area contributed by atoms with Crippen LogP contribution in [0.4, 0.5) is 5.69 Å². The Balaban J connectivity index is 1.62. The van der Waals surface area contributed by atoms with Gasteiger partial charge in [-0.25, -0.2) is 0 Å². The summed E-state index contributed by atoms with van der Waals surface area (Å²) in [6.45, 7) is 13.9. The predicted octanol–water partition coefficient (Wildman–Crippen LogP) is 3.37. The van der Waals surface area contributed by atoms with Gasteiger partial charge in [-0.3, -0.25) is 19.2 Å². The molecule has 10 nitrogen and oxygen atoms in total. The molecule has 0 aromatic heterocycles. The molecule has 0 saturated carbocycles. The van der Waals surface area contributed by atoms with Crippen LogP contribution in [0.2, 0.25) is 0 Å². The van der Waals surface area contributed by atoms with Crippen LogP contribution in [-0.4, -0.2) is 83.8 Å². The number of nitrogens with zero attached hydrogens (tertiary/aromatic N) is 2. The summed E-state index contributed by atoms with van der Waals surface area (Å²) < 4.78 is 12.3. The van der Waals surface area contributed by atoms with Gasteiger partial charge in [-0.15, -0.1) is 13.2 Å². The SMILES string of the molecule is C=CCCC(=O)NC[C@@H](C)OC(=O)[C@@H]1[C@@H]2CC[C@]3(O2)[C@H](C(=O)N(CC=C)c2c(C)cccc2C)N(CCCCCO)C(=O)[C@@H]13. The zero-order valence-corrected chi connectivity index (χ0v) is 26.3. The van der Waals surface area contributed by atoms with Crippen LogP contribution in [0.15, 0.2) is 43.5 Å². The molecule has 1 spiro atoms. The average Bonchev–Trinajstić information content (AvgIpc) is 3.63. The quantitative estimate of drug-likeness (QED) is 0.167. The molecule has 240 valence electrons. The Bertz CT molecular complexity index is 1250. The van der Waals surface area contributed by atoms with Gasteiger partial charge in [-0.05, 0) is 70.4 Å². The minimum atomic E-state index is -1.16. The van der Waals surface area contributed by atoms with Gasteiger partial charge in [-0.2, -0.15) is 0 Å². The first kappa shape index (κ1) is 33.4. The van der Waals surface area contributed by atoms with E-state index < -0.39 is 41.7 Å². The highest BCUT2D eigenvalue weighted by atomic mass is 16.6. The molecule has 6 atom stereocenters. The maximum Gasteiger partial charge on any atom is 0.312 e. The van der Waals surface area contributed by atoms with Gasteiger partial charge in [0.25, 0.3) is 5.91 Å². The van der Waals surface area contributed by atoms with Crippen molar-refractivity contribution in [3.8, 4) is 0 Å². The highest BCUT2D eigenvalue weighted by Crippen LogP contribution is 2.59. The Morgan fingerprint density at radius 2 is 1.93 bits per heavy atom. The number of ether oxygens (including phenoxy) is 2. The number of carbonyl (C=O) groups excluding carboxylic acids is 4. The van der Waals surface area contributed by atoms with Gasteiger partial charge in [0, 0.05) is 31.8 Å². The number of fused-ring (bicyclic) bond motifs is 1. The van der Waals surface area contributed by atoms with Crippen molar-refractivity contribution in [2.24, 2.45) is 11.8 Å². The number of likely N-dealkylation sites (tertiary alicyclic amines) is 1. The Hall–Kier alpha value is -3.50. The summed E-state index contributed by atoms with van der Waals surface area (Å²) in [5, 5.41) is 12.1. The second-order valence-corrected chi connectivity index (χ2v) is 12.2. The molecule has 10 heteroatoms. The number of carbonyl (C=O) groups is 4. The number of hydrogen-bond acceptors (Lipinski definition) is 7. The van der Waals surface area contributed by atoms with E-state index >= 15 is 0 Å². The molecule has 3 saturated heterocycles. The maximum atomic E-state index is 14.7. The molecule has 3 aliphatic heterocycles. The van der Waals surface area contributed by atoms with Gasteiger partial charge in [0.1, 0.15) is 17.7 Å². The van der Waals surface area contributed by atoms with Crippen molar-refractivity contribution in [1.29, 1.82) is 0 Å². The highest BCUT2D eigenvalue weighted by Gasteiger charge is 2.75. The second-order valence-electron chi connectivity index (χ2n) is 12.2. The summed E-state index contributed by atoms with van der Waals surface area (Å²) in [5.41, 5.74) is 1.48. The van der Waals surface area contributed by atoms with Crippen LogP contribution >= 0.6 is 0 Å². The average molecular weight is 610 g/mol. The number of aliphatic hydroxyl groups is 1. The fourth-order valence-electron chi connectivity index (χ4n) is 7.21. The summed E-state index contributed by atoms with van der Waals surface area (Å²) >= 11 is 0. The number of esters is 1. The van der Waals surface area contributed by atoms with Crippen molar-refractivity contribution >= 4 is 29.4 Å². The summed E-state index contributed by atoms with van der Waals surface area (Å²) in [7, 11) is 0. The number of rotatable bonds is 16. The fourth-order valence-corrected chi connectivity index (χ4v) is 7.21. The van der Waals surface area contributed by atoms with Crippen molar-refractivity contribution in [3.05, 3.63) is 54.6 Å². The molecule has 0 radical (unpaired) electrons. The van der Waals surface area contributed by atoms with Gasteiger partial charge in [0.2, 0.25) is 11.8 Å². The molecular weight excluding hydrogens is 562 g/mol. The fraction of sp³-hybridized carbons (Fsp3) is 0.588. The van der Waals surface area contributed by atoms with Crippen LogP contribution in [0.1, 0.15) is 63.0 Å². The molecule has 1 aromatic rings. The van der Waals surface area contributed by atoms with Gasteiger partial charge in [-0.1, -0.05) is 30.4 Å². The van der Waals surface area contributed by atoms with E-state index in [1.54, 1.807) is 28.9 Å². The molecular formula is C34H47N3O7. The van der Waals surface area contributed by atoms with Crippen LogP contribution in [0.3, 0.4) is 0 Å². The number of benzene rings is 1. The number of nitrogens with one attached hydrogen (secondary N) is 1. The molecule has 1 aromatic carbocycles. The number of hydrogen-bond donors (Lipinski definition) is 2. The zero-order chi connectivity index (χ0) is 32.0. The molecule has 3 fully saturated rings. The van der Waals surface area contributed by atoms with E-state index in [0.29, 0.717) is 51.5 Å². The number of anilines is 1. The summed E-state index contributed by atoms with van der Waals surface area (Å²) in [4.78, 5) is 57.9. The predicted molar refractivity (Wildman–Crippen MR) is 167 cm³/mol.